The van der Waals surface area contributed by atoms with Crippen LogP contribution >= 0.6 is 31.7 Å². The van der Waals surface area contributed by atoms with E-state index in [-0.39, 0.29) is 0 Å². The SMILES string of the molecule is CP1CCC1.CP1CCCC1.CP1CCCCC1.CP1CCOCC1. The third-order valence-corrected chi connectivity index (χ3v) is 13.6. The Morgan fingerprint density at radius 3 is 0.920 bits per heavy atom. The summed E-state index contributed by atoms with van der Waals surface area (Å²) in [4.78, 5) is 0. The lowest BCUT2D eigenvalue weighted by Crippen LogP contribution is -2.11. The Bertz CT molecular complexity index is 265. The second-order valence-corrected chi connectivity index (χ2v) is 18.4. The van der Waals surface area contributed by atoms with Crippen molar-refractivity contribution in [3.8, 4) is 0 Å². The van der Waals surface area contributed by atoms with E-state index >= 15 is 0 Å². The molecule has 0 aromatic carbocycles. The molecule has 0 aliphatic carbocycles. The monoisotopic (exact) mass is 424 g/mol. The molecule has 0 radical (unpaired) electrons. The Hall–Kier alpha value is 1.68. The van der Waals surface area contributed by atoms with Gasteiger partial charge in [-0.2, -0.15) is 0 Å². The van der Waals surface area contributed by atoms with Crippen LogP contribution in [0.5, 0.6) is 0 Å². The number of ether oxygens (including phenoxy) is 1. The normalized spacial score (nSPS) is 25.4. The van der Waals surface area contributed by atoms with Crippen LogP contribution in [0.3, 0.4) is 0 Å². The maximum atomic E-state index is 5.16. The summed E-state index contributed by atoms with van der Waals surface area (Å²) < 4.78 is 5.16. The zero-order valence-corrected chi connectivity index (χ0v) is 21.1. The van der Waals surface area contributed by atoms with Crippen molar-refractivity contribution in [2.75, 3.05) is 89.2 Å². The van der Waals surface area contributed by atoms with Gasteiger partial charge in [0.25, 0.3) is 0 Å². The van der Waals surface area contributed by atoms with Crippen LogP contribution in [0.4, 0.5) is 0 Å². The fraction of sp³-hybridized carbons (Fsp3) is 1.00. The third kappa shape index (κ3) is 15.3. The molecule has 4 fully saturated rings. The molecule has 0 amide bonds. The summed E-state index contributed by atoms with van der Waals surface area (Å²) in [5, 5.41) is 0. The first kappa shape index (κ1) is 24.7. The Kier molecular flexibility index (Phi) is 16.4. The van der Waals surface area contributed by atoms with Gasteiger partial charge in [0.2, 0.25) is 0 Å². The topological polar surface area (TPSA) is 9.23 Å². The molecule has 4 saturated heterocycles. The number of rotatable bonds is 0. The molecule has 25 heavy (non-hydrogen) atoms. The van der Waals surface area contributed by atoms with Crippen LogP contribution in [0, 0.1) is 0 Å². The highest BCUT2D eigenvalue weighted by atomic mass is 31.1. The van der Waals surface area contributed by atoms with Crippen LogP contribution in [-0.2, 0) is 4.74 Å². The maximum absolute atomic E-state index is 5.16. The summed E-state index contributed by atoms with van der Waals surface area (Å²) >= 11 is 0. The predicted octanol–water partition coefficient (Wildman–Crippen LogP) is 6.80. The van der Waals surface area contributed by atoms with Crippen LogP contribution in [0.1, 0.15) is 38.5 Å². The van der Waals surface area contributed by atoms with E-state index in [1.807, 2.05) is 0 Å². The second kappa shape index (κ2) is 16.6. The first-order valence-electron chi connectivity index (χ1n) is 10.4. The lowest BCUT2D eigenvalue weighted by Gasteiger charge is -2.19. The number of hydrogen-bond acceptors (Lipinski definition) is 1. The van der Waals surface area contributed by atoms with Gasteiger partial charge in [-0.15, -0.1) is 31.7 Å². The minimum Gasteiger partial charge on any atom is -0.381 e. The van der Waals surface area contributed by atoms with Crippen molar-refractivity contribution in [2.45, 2.75) is 38.5 Å². The second-order valence-electron chi connectivity index (χ2n) is 7.95. The van der Waals surface area contributed by atoms with E-state index in [0.717, 1.165) is 13.2 Å². The minimum absolute atomic E-state index is 0.383. The van der Waals surface area contributed by atoms with Crippen molar-refractivity contribution in [1.29, 1.82) is 0 Å². The molecule has 0 bridgehead atoms. The molecular formula is C20H44OP4. The molecule has 5 heteroatoms. The Morgan fingerprint density at radius 1 is 0.400 bits per heavy atom. The fourth-order valence-electron chi connectivity index (χ4n) is 3.06. The van der Waals surface area contributed by atoms with Crippen molar-refractivity contribution >= 4 is 31.7 Å². The maximum Gasteiger partial charge on any atom is 0.0505 e. The molecule has 0 saturated carbocycles. The van der Waals surface area contributed by atoms with Gasteiger partial charge in [0, 0.05) is 0 Å². The first-order chi connectivity index (χ1) is 12.1. The summed E-state index contributed by atoms with van der Waals surface area (Å²) in [6.45, 7) is 11.6. The van der Waals surface area contributed by atoms with E-state index < -0.39 is 0 Å². The molecule has 4 rings (SSSR count). The van der Waals surface area contributed by atoms with E-state index in [1.165, 1.54) is 50.8 Å². The van der Waals surface area contributed by atoms with E-state index in [9.17, 15) is 0 Å². The molecular weight excluding hydrogens is 380 g/mol. The number of hydrogen-bond donors (Lipinski definition) is 0. The highest BCUT2D eigenvalue weighted by molar-refractivity contribution is 7.58. The van der Waals surface area contributed by atoms with Crippen molar-refractivity contribution in [1.82, 2.24) is 0 Å². The van der Waals surface area contributed by atoms with Crippen LogP contribution in [-0.4, -0.2) is 89.2 Å². The first-order valence-corrected chi connectivity index (χ1v) is 19.0. The van der Waals surface area contributed by atoms with Gasteiger partial charge in [-0.05, 0) is 108 Å². The molecule has 150 valence electrons. The molecule has 4 aliphatic heterocycles. The van der Waals surface area contributed by atoms with Gasteiger partial charge < -0.3 is 4.74 Å². The van der Waals surface area contributed by atoms with Gasteiger partial charge in [0.1, 0.15) is 0 Å². The Labute approximate surface area is 164 Å². The molecule has 0 atom stereocenters. The zero-order valence-electron chi connectivity index (χ0n) is 17.5. The summed E-state index contributed by atoms with van der Waals surface area (Å²) in [6.07, 6.45) is 21.0. The summed E-state index contributed by atoms with van der Waals surface area (Å²) in [5.41, 5.74) is 0. The molecule has 0 N–H and O–H groups in total. The highest BCUT2D eigenvalue weighted by Gasteiger charge is 2.08. The van der Waals surface area contributed by atoms with Gasteiger partial charge in [0.15, 0.2) is 0 Å². The highest BCUT2D eigenvalue weighted by Crippen LogP contribution is 2.41. The smallest absolute Gasteiger partial charge is 0.0505 e. The molecule has 1 nitrogen and oxygen atoms in total. The van der Waals surface area contributed by atoms with Gasteiger partial charge >= 0.3 is 0 Å². The van der Waals surface area contributed by atoms with Crippen LogP contribution in [0.15, 0.2) is 0 Å². The molecule has 0 unspecified atom stereocenters. The van der Waals surface area contributed by atoms with Crippen molar-refractivity contribution in [2.24, 2.45) is 0 Å². The molecule has 4 heterocycles. The van der Waals surface area contributed by atoms with Crippen molar-refractivity contribution in [3.63, 3.8) is 0 Å². The standard InChI is InChI=1S/C6H13P.C5H11OP.C5H11P.C4H9P/c1-7-5-3-2-4-6-7;1-7-4-2-6-3-5-7;1-6-4-2-3-5-6;1-5-3-2-4-5/h2-6H2,1H3;2-5H2,1H3;2-5H2,1H3;2-4H2,1H3. The largest absolute Gasteiger partial charge is 0.381 e. The summed E-state index contributed by atoms with van der Waals surface area (Å²) in [6, 6.07) is 0. The summed E-state index contributed by atoms with van der Waals surface area (Å²) in [5.74, 6) is 0. The van der Waals surface area contributed by atoms with Gasteiger partial charge in [0.05, 0.1) is 13.2 Å². The van der Waals surface area contributed by atoms with E-state index in [1.54, 1.807) is 37.0 Å². The lowest BCUT2D eigenvalue weighted by molar-refractivity contribution is 0.158. The Morgan fingerprint density at radius 2 is 0.720 bits per heavy atom. The van der Waals surface area contributed by atoms with Gasteiger partial charge in [-0.25, -0.2) is 0 Å². The van der Waals surface area contributed by atoms with Gasteiger partial charge in [-0.3, -0.25) is 0 Å². The van der Waals surface area contributed by atoms with E-state index in [4.69, 9.17) is 4.74 Å². The Balaban J connectivity index is 0.000000168. The van der Waals surface area contributed by atoms with Crippen molar-refractivity contribution in [3.05, 3.63) is 0 Å². The van der Waals surface area contributed by atoms with E-state index in [2.05, 4.69) is 26.7 Å². The zero-order chi connectivity index (χ0) is 18.3. The minimum atomic E-state index is 0.383. The van der Waals surface area contributed by atoms with Crippen LogP contribution in [0.2, 0.25) is 0 Å². The van der Waals surface area contributed by atoms with E-state index in [0.29, 0.717) is 31.7 Å². The average molecular weight is 424 g/mol. The van der Waals surface area contributed by atoms with Crippen molar-refractivity contribution < 1.29 is 4.74 Å². The third-order valence-electron chi connectivity index (χ3n) is 5.22. The van der Waals surface area contributed by atoms with Crippen LogP contribution in [0.25, 0.3) is 0 Å². The van der Waals surface area contributed by atoms with Crippen LogP contribution < -0.4 is 0 Å². The van der Waals surface area contributed by atoms with Gasteiger partial charge in [-0.1, -0.05) is 6.42 Å². The average Bonchev–Trinajstić information content (AvgIpc) is 3.07. The predicted molar refractivity (Wildman–Crippen MR) is 129 cm³/mol. The molecule has 0 aromatic heterocycles. The molecule has 4 aliphatic rings. The lowest BCUT2D eigenvalue weighted by atomic mass is 10.3. The molecule has 0 spiro atoms. The quantitative estimate of drug-likeness (QED) is 0.389. The summed E-state index contributed by atoms with van der Waals surface area (Å²) in [7, 11) is 2.01. The molecule has 0 aromatic rings. The fourth-order valence-corrected chi connectivity index (χ4v) is 8.61.